The summed E-state index contributed by atoms with van der Waals surface area (Å²) in [6.07, 6.45) is 0. The fourth-order valence-corrected chi connectivity index (χ4v) is 2.35. The topological polar surface area (TPSA) is 46.4 Å². The minimum atomic E-state index is -0.377. The van der Waals surface area contributed by atoms with E-state index >= 15 is 0 Å². The normalized spacial score (nSPS) is 10.5. The van der Waals surface area contributed by atoms with Crippen LogP contribution in [0, 0.1) is 10.1 Å². The molecule has 4 nitrogen and oxygen atoms in total. The molecule has 3 aromatic rings. The number of fused-ring (bicyclic) bond motifs is 1. The molecule has 0 saturated heterocycles. The zero-order valence-corrected chi connectivity index (χ0v) is 11.6. The van der Waals surface area contributed by atoms with Crippen LogP contribution < -0.4 is 4.90 Å². The standard InChI is InChI=1S/C17H14N2O2/c1-18(15-7-4-8-17(12-15)19(20)21)16-10-9-13-5-2-3-6-14(13)11-16/h2-12H,1H3. The minimum Gasteiger partial charge on any atom is -0.344 e. The van der Waals surface area contributed by atoms with Gasteiger partial charge in [0, 0.05) is 30.6 Å². The lowest BCUT2D eigenvalue weighted by molar-refractivity contribution is -0.384. The van der Waals surface area contributed by atoms with Crippen molar-refractivity contribution in [3.05, 3.63) is 76.8 Å². The Kier molecular flexibility index (Phi) is 3.28. The Balaban J connectivity index is 2.01. The molecule has 0 aliphatic heterocycles. The summed E-state index contributed by atoms with van der Waals surface area (Å²) in [5.41, 5.74) is 1.88. The van der Waals surface area contributed by atoms with Crippen LogP contribution in [0.4, 0.5) is 17.1 Å². The van der Waals surface area contributed by atoms with Crippen LogP contribution >= 0.6 is 0 Å². The fraction of sp³-hybridized carbons (Fsp3) is 0.0588. The van der Waals surface area contributed by atoms with Crippen molar-refractivity contribution in [3.8, 4) is 0 Å². The monoisotopic (exact) mass is 278 g/mol. The van der Waals surface area contributed by atoms with Crippen molar-refractivity contribution < 1.29 is 4.92 Å². The molecule has 3 rings (SSSR count). The lowest BCUT2D eigenvalue weighted by Gasteiger charge is -2.19. The quantitative estimate of drug-likeness (QED) is 0.523. The van der Waals surface area contributed by atoms with E-state index in [0.717, 1.165) is 16.8 Å². The van der Waals surface area contributed by atoms with E-state index in [0.29, 0.717) is 0 Å². The number of nitro benzene ring substituents is 1. The second kappa shape index (κ2) is 5.25. The van der Waals surface area contributed by atoms with Gasteiger partial charge in [-0.1, -0.05) is 36.4 Å². The average molecular weight is 278 g/mol. The number of benzene rings is 3. The van der Waals surface area contributed by atoms with Gasteiger partial charge in [0.2, 0.25) is 0 Å². The lowest BCUT2D eigenvalue weighted by Crippen LogP contribution is -2.09. The molecule has 21 heavy (non-hydrogen) atoms. The van der Waals surface area contributed by atoms with E-state index in [-0.39, 0.29) is 10.6 Å². The van der Waals surface area contributed by atoms with Crippen molar-refractivity contribution in [1.29, 1.82) is 0 Å². The molecule has 0 saturated carbocycles. The largest absolute Gasteiger partial charge is 0.344 e. The number of hydrogen-bond donors (Lipinski definition) is 0. The van der Waals surface area contributed by atoms with Crippen LogP contribution in [0.5, 0.6) is 0 Å². The highest BCUT2D eigenvalue weighted by molar-refractivity contribution is 5.86. The van der Waals surface area contributed by atoms with Crippen LogP contribution in [0.2, 0.25) is 0 Å². The molecule has 0 radical (unpaired) electrons. The van der Waals surface area contributed by atoms with Gasteiger partial charge in [-0.15, -0.1) is 0 Å². The number of hydrogen-bond acceptors (Lipinski definition) is 3. The molecule has 4 heteroatoms. The third kappa shape index (κ3) is 2.56. The molecule has 0 fully saturated rings. The first-order valence-corrected chi connectivity index (χ1v) is 6.62. The number of nitro groups is 1. The van der Waals surface area contributed by atoms with E-state index in [4.69, 9.17) is 0 Å². The summed E-state index contributed by atoms with van der Waals surface area (Å²) >= 11 is 0. The van der Waals surface area contributed by atoms with E-state index in [1.54, 1.807) is 12.1 Å². The molecule has 0 aliphatic rings. The summed E-state index contributed by atoms with van der Waals surface area (Å²) in [5, 5.41) is 13.2. The Bertz CT molecular complexity index is 815. The Morgan fingerprint density at radius 1 is 0.857 bits per heavy atom. The summed E-state index contributed by atoms with van der Waals surface area (Å²) in [6.45, 7) is 0. The highest BCUT2D eigenvalue weighted by Crippen LogP contribution is 2.29. The van der Waals surface area contributed by atoms with Gasteiger partial charge in [-0.25, -0.2) is 0 Å². The first-order chi connectivity index (χ1) is 10.1. The first-order valence-electron chi connectivity index (χ1n) is 6.62. The lowest BCUT2D eigenvalue weighted by atomic mass is 10.1. The van der Waals surface area contributed by atoms with Crippen LogP contribution in [0.15, 0.2) is 66.7 Å². The Morgan fingerprint density at radius 2 is 1.57 bits per heavy atom. The second-order valence-electron chi connectivity index (χ2n) is 4.87. The molecule has 0 aromatic heterocycles. The first kappa shape index (κ1) is 13.1. The van der Waals surface area contributed by atoms with Crippen LogP contribution in [-0.4, -0.2) is 12.0 Å². The summed E-state index contributed by atoms with van der Waals surface area (Å²) in [4.78, 5) is 12.4. The molecule has 0 unspecified atom stereocenters. The zero-order valence-electron chi connectivity index (χ0n) is 11.6. The van der Waals surface area contributed by atoms with Gasteiger partial charge in [0.15, 0.2) is 0 Å². The summed E-state index contributed by atoms with van der Waals surface area (Å²) in [5.74, 6) is 0. The number of nitrogens with zero attached hydrogens (tertiary/aromatic N) is 2. The van der Waals surface area contributed by atoms with Gasteiger partial charge < -0.3 is 4.90 Å². The van der Waals surface area contributed by atoms with E-state index < -0.39 is 0 Å². The molecule has 3 aromatic carbocycles. The predicted molar refractivity (Wildman–Crippen MR) is 85.1 cm³/mol. The van der Waals surface area contributed by atoms with Crippen LogP contribution in [0.3, 0.4) is 0 Å². The van der Waals surface area contributed by atoms with Crippen molar-refractivity contribution in [3.63, 3.8) is 0 Å². The maximum atomic E-state index is 10.9. The van der Waals surface area contributed by atoms with Gasteiger partial charge in [-0.3, -0.25) is 10.1 Å². The molecule has 104 valence electrons. The van der Waals surface area contributed by atoms with Crippen LogP contribution in [-0.2, 0) is 0 Å². The zero-order chi connectivity index (χ0) is 14.8. The van der Waals surface area contributed by atoms with Gasteiger partial charge in [-0.2, -0.15) is 0 Å². The number of anilines is 2. The van der Waals surface area contributed by atoms with E-state index in [9.17, 15) is 10.1 Å². The predicted octanol–water partition coefficient (Wildman–Crippen LogP) is 4.52. The highest BCUT2D eigenvalue weighted by atomic mass is 16.6. The SMILES string of the molecule is CN(c1cccc([N+](=O)[O-])c1)c1ccc2ccccc2c1. The van der Waals surface area contributed by atoms with Gasteiger partial charge in [0.1, 0.15) is 0 Å². The molecule has 0 spiro atoms. The number of non-ortho nitro benzene ring substituents is 1. The van der Waals surface area contributed by atoms with Crippen molar-refractivity contribution in [2.24, 2.45) is 0 Å². The fourth-order valence-electron chi connectivity index (χ4n) is 2.35. The maximum Gasteiger partial charge on any atom is 0.271 e. The molecule has 0 atom stereocenters. The smallest absolute Gasteiger partial charge is 0.271 e. The summed E-state index contributed by atoms with van der Waals surface area (Å²) in [6, 6.07) is 20.9. The molecular weight excluding hydrogens is 264 g/mol. The molecule has 0 bridgehead atoms. The Hall–Kier alpha value is -2.88. The molecular formula is C17H14N2O2. The van der Waals surface area contributed by atoms with Gasteiger partial charge in [0.05, 0.1) is 4.92 Å². The summed E-state index contributed by atoms with van der Waals surface area (Å²) < 4.78 is 0. The van der Waals surface area contributed by atoms with Crippen molar-refractivity contribution >= 4 is 27.8 Å². The van der Waals surface area contributed by atoms with Gasteiger partial charge in [0.25, 0.3) is 5.69 Å². The second-order valence-corrected chi connectivity index (χ2v) is 4.87. The van der Waals surface area contributed by atoms with Crippen molar-refractivity contribution in [2.75, 3.05) is 11.9 Å². The number of rotatable bonds is 3. The molecule has 0 heterocycles. The minimum absolute atomic E-state index is 0.0974. The van der Waals surface area contributed by atoms with Crippen LogP contribution in [0.25, 0.3) is 10.8 Å². The molecule has 0 aliphatic carbocycles. The third-order valence-corrected chi connectivity index (χ3v) is 3.55. The van der Waals surface area contributed by atoms with Crippen molar-refractivity contribution in [2.45, 2.75) is 0 Å². The Labute approximate surface area is 122 Å². The summed E-state index contributed by atoms with van der Waals surface area (Å²) in [7, 11) is 1.91. The van der Waals surface area contributed by atoms with Crippen LogP contribution in [0.1, 0.15) is 0 Å². The third-order valence-electron chi connectivity index (χ3n) is 3.55. The highest BCUT2D eigenvalue weighted by Gasteiger charge is 2.10. The van der Waals surface area contributed by atoms with E-state index in [1.807, 2.05) is 36.2 Å². The molecule has 0 N–H and O–H groups in total. The Morgan fingerprint density at radius 3 is 2.33 bits per heavy atom. The maximum absolute atomic E-state index is 10.9. The van der Waals surface area contributed by atoms with E-state index in [1.165, 1.54) is 11.5 Å². The van der Waals surface area contributed by atoms with Gasteiger partial charge >= 0.3 is 0 Å². The molecule has 0 amide bonds. The van der Waals surface area contributed by atoms with E-state index in [2.05, 4.69) is 24.3 Å². The van der Waals surface area contributed by atoms with Crippen molar-refractivity contribution in [1.82, 2.24) is 0 Å². The van der Waals surface area contributed by atoms with Gasteiger partial charge in [-0.05, 0) is 29.0 Å². The average Bonchev–Trinajstić information content (AvgIpc) is 2.53.